The zero-order valence-corrected chi connectivity index (χ0v) is 30.3. The second-order valence-corrected chi connectivity index (χ2v) is 14.0. The number of hydrogen-bond acceptors (Lipinski definition) is 2. The maximum Gasteiger partial charge on any atom is 0.0907 e. The molecule has 0 saturated heterocycles. The summed E-state index contributed by atoms with van der Waals surface area (Å²) >= 11 is 0. The molecule has 0 aliphatic carbocycles. The monoisotopic (exact) mass is 676 g/mol. The predicted octanol–water partition coefficient (Wildman–Crippen LogP) is 12.3. The minimum absolute atomic E-state index is 0.960. The number of benzene rings is 2. The summed E-state index contributed by atoms with van der Waals surface area (Å²) in [5, 5.41) is 0. The molecule has 0 unspecified atom stereocenters. The Labute approximate surface area is 302 Å². The van der Waals surface area contributed by atoms with Crippen LogP contribution in [-0.4, -0.2) is 29.9 Å². The fourth-order valence-corrected chi connectivity index (χ4v) is 7.63. The van der Waals surface area contributed by atoms with Crippen molar-refractivity contribution in [2.75, 3.05) is 0 Å². The first kappa shape index (κ1) is 31.6. The molecule has 254 valence electrons. The van der Waals surface area contributed by atoms with Crippen molar-refractivity contribution in [2.45, 2.75) is 41.5 Å². The van der Waals surface area contributed by atoms with Crippen LogP contribution in [0.15, 0.2) is 109 Å². The lowest BCUT2D eigenvalue weighted by Crippen LogP contribution is -1.83. The van der Waals surface area contributed by atoms with Gasteiger partial charge in [-0.1, -0.05) is 60.7 Å². The molecular weight excluding hydrogens is 637 g/mol. The number of aryl methyl sites for hydroxylation is 2. The number of rotatable bonds is 2. The normalized spacial score (nSPS) is 13.0. The van der Waals surface area contributed by atoms with Gasteiger partial charge in [0, 0.05) is 44.2 Å². The first-order valence-corrected chi connectivity index (χ1v) is 17.9. The summed E-state index contributed by atoms with van der Waals surface area (Å²) in [5.74, 6) is 0. The number of nitrogens with one attached hydrogen (secondary N) is 4. The average Bonchev–Trinajstić information content (AvgIpc) is 4.03. The maximum atomic E-state index is 5.24. The van der Waals surface area contributed by atoms with Gasteiger partial charge in [0.2, 0.25) is 0 Å². The van der Waals surface area contributed by atoms with E-state index in [9.17, 15) is 0 Å². The van der Waals surface area contributed by atoms with Crippen molar-refractivity contribution in [2.24, 2.45) is 0 Å². The predicted molar refractivity (Wildman–Crippen MR) is 219 cm³/mol. The molecule has 2 aliphatic rings. The van der Waals surface area contributed by atoms with Crippen molar-refractivity contribution < 1.29 is 0 Å². The number of allylic oxidation sites excluding steroid dienone is 4. The summed E-state index contributed by atoms with van der Waals surface area (Å²) in [6, 6.07) is 38.5. The second kappa shape index (κ2) is 12.1. The highest BCUT2D eigenvalue weighted by Crippen LogP contribution is 2.38. The molecule has 4 N–H and O–H groups in total. The van der Waals surface area contributed by atoms with Gasteiger partial charge in [-0.25, -0.2) is 9.97 Å². The Kier molecular flexibility index (Phi) is 7.37. The minimum atomic E-state index is 0.960. The van der Waals surface area contributed by atoms with Crippen molar-refractivity contribution in [3.8, 4) is 22.3 Å². The lowest BCUT2D eigenvalue weighted by atomic mass is 10.0. The van der Waals surface area contributed by atoms with E-state index in [1.165, 1.54) is 33.4 Å². The van der Waals surface area contributed by atoms with Crippen LogP contribution in [0.3, 0.4) is 0 Å². The smallest absolute Gasteiger partial charge is 0.0907 e. The zero-order chi connectivity index (χ0) is 35.7. The van der Waals surface area contributed by atoms with Gasteiger partial charge in [-0.05, 0) is 135 Å². The largest absolute Gasteiger partial charge is 0.355 e. The van der Waals surface area contributed by atoms with Gasteiger partial charge in [-0.3, -0.25) is 0 Å². The Hall–Kier alpha value is -6.40. The molecular formula is C46H40N6. The summed E-state index contributed by atoms with van der Waals surface area (Å²) in [7, 11) is 0. The SMILES string of the molecule is CC1=C(C)c2nc1cc1ccc([nH]1)c(-c1ccccc1)c1ccc([nH]1)c(-c1ccccc1)c1ccc(cc3nc(c4[nH]c2c(C)c4C)C(C)=C3C)[nH]1. The van der Waals surface area contributed by atoms with E-state index in [-0.39, 0.29) is 0 Å². The Balaban J connectivity index is 1.44. The molecule has 0 fully saturated rings. The molecule has 0 amide bonds. The minimum Gasteiger partial charge on any atom is -0.355 e. The topological polar surface area (TPSA) is 88.9 Å². The van der Waals surface area contributed by atoms with Crippen molar-refractivity contribution in [3.63, 3.8) is 0 Å². The molecule has 7 aromatic rings. The molecule has 5 aromatic heterocycles. The Morgan fingerprint density at radius 2 is 0.769 bits per heavy atom. The fourth-order valence-electron chi connectivity index (χ4n) is 7.63. The molecule has 0 radical (unpaired) electrons. The summed E-state index contributed by atoms with van der Waals surface area (Å²) < 4.78 is 0. The standard InChI is InChI=1S/C46H40N6/c1-25-27(3)43-45-29(5)30(6)46(52-45)44-28(4)26(2)40(51-44)24-34-18-20-36(48-34)42(32-15-11-8-12-16-32)38-22-21-37(49-38)41(31-13-9-7-10-14-31)35-19-17-33(47-35)23-39(25)50-43/h7-24,47-49,52H,1-6H3. The van der Waals surface area contributed by atoms with E-state index >= 15 is 0 Å². The first-order chi connectivity index (χ1) is 25.2. The summed E-state index contributed by atoms with van der Waals surface area (Å²) in [5.41, 5.74) is 23.6. The number of fused-ring (bicyclic) bond motifs is 14. The summed E-state index contributed by atoms with van der Waals surface area (Å²) in [6.07, 6.45) is 0. The van der Waals surface area contributed by atoms with Crippen LogP contribution in [0.4, 0.5) is 0 Å². The van der Waals surface area contributed by atoms with Gasteiger partial charge in [0.15, 0.2) is 0 Å². The van der Waals surface area contributed by atoms with E-state index < -0.39 is 0 Å². The highest BCUT2D eigenvalue weighted by atomic mass is 14.8. The van der Waals surface area contributed by atoms with E-state index in [4.69, 9.17) is 9.97 Å². The molecule has 0 saturated carbocycles. The van der Waals surface area contributed by atoms with E-state index in [0.717, 1.165) is 89.2 Å². The van der Waals surface area contributed by atoms with Gasteiger partial charge in [-0.2, -0.15) is 0 Å². The quantitative estimate of drug-likeness (QED) is 0.147. The Bertz CT molecular complexity index is 2700. The average molecular weight is 677 g/mol. The van der Waals surface area contributed by atoms with Crippen molar-refractivity contribution in [3.05, 3.63) is 143 Å². The zero-order valence-electron chi connectivity index (χ0n) is 30.3. The van der Waals surface area contributed by atoms with E-state index in [1.54, 1.807) is 0 Å². The Morgan fingerprint density at radius 3 is 1.19 bits per heavy atom. The molecule has 12 bridgehead atoms. The van der Waals surface area contributed by atoms with Crippen LogP contribution in [0, 0.1) is 13.8 Å². The third-order valence-corrected chi connectivity index (χ3v) is 11.0. The number of aromatic amines is 4. The third kappa shape index (κ3) is 5.10. The molecule has 52 heavy (non-hydrogen) atoms. The highest BCUT2D eigenvalue weighted by molar-refractivity contribution is 6.01. The molecule has 9 rings (SSSR count). The van der Waals surface area contributed by atoms with Crippen LogP contribution in [0.1, 0.15) is 61.6 Å². The van der Waals surface area contributed by atoms with Crippen LogP contribution in [-0.2, 0) is 0 Å². The first-order valence-electron chi connectivity index (χ1n) is 17.9. The van der Waals surface area contributed by atoms with E-state index in [2.05, 4.69) is 171 Å². The molecule has 0 spiro atoms. The van der Waals surface area contributed by atoms with Gasteiger partial charge >= 0.3 is 0 Å². The van der Waals surface area contributed by atoms with Gasteiger partial charge in [-0.15, -0.1) is 0 Å². The lowest BCUT2D eigenvalue weighted by molar-refractivity contribution is 1.28. The number of H-pyrrole nitrogens is 4. The van der Waals surface area contributed by atoms with Crippen LogP contribution in [0.2, 0.25) is 0 Å². The molecule has 2 aromatic carbocycles. The van der Waals surface area contributed by atoms with Crippen molar-refractivity contribution >= 4 is 66.4 Å². The molecule has 7 heterocycles. The van der Waals surface area contributed by atoms with E-state index in [0.29, 0.717) is 0 Å². The van der Waals surface area contributed by atoms with Gasteiger partial charge in [0.05, 0.1) is 33.8 Å². The van der Waals surface area contributed by atoms with Crippen LogP contribution in [0.25, 0.3) is 88.7 Å². The maximum absolute atomic E-state index is 5.24. The van der Waals surface area contributed by atoms with Crippen molar-refractivity contribution in [1.29, 1.82) is 0 Å². The van der Waals surface area contributed by atoms with Gasteiger partial charge < -0.3 is 19.9 Å². The van der Waals surface area contributed by atoms with Gasteiger partial charge in [0.1, 0.15) is 0 Å². The second-order valence-electron chi connectivity index (χ2n) is 14.0. The number of nitrogens with zero attached hydrogens (tertiary/aromatic N) is 2. The highest BCUT2D eigenvalue weighted by Gasteiger charge is 2.21. The summed E-state index contributed by atoms with van der Waals surface area (Å²) in [6.45, 7) is 13.0. The number of hydrogen-bond donors (Lipinski definition) is 4. The lowest BCUT2D eigenvalue weighted by Gasteiger charge is -2.04. The molecule has 6 heteroatoms. The summed E-state index contributed by atoms with van der Waals surface area (Å²) in [4.78, 5) is 25.6. The van der Waals surface area contributed by atoms with Crippen LogP contribution >= 0.6 is 0 Å². The van der Waals surface area contributed by atoms with E-state index in [1.807, 2.05) is 0 Å². The molecule has 0 atom stereocenters. The number of aromatic nitrogens is 6. The molecule has 2 aliphatic heterocycles. The molecule has 6 nitrogen and oxygen atoms in total. The van der Waals surface area contributed by atoms with Crippen LogP contribution < -0.4 is 0 Å². The third-order valence-electron chi connectivity index (χ3n) is 11.0. The fraction of sp³-hybridized carbons (Fsp3) is 0.130. The van der Waals surface area contributed by atoms with Gasteiger partial charge in [0.25, 0.3) is 0 Å². The van der Waals surface area contributed by atoms with Crippen molar-refractivity contribution in [1.82, 2.24) is 29.9 Å². The Morgan fingerprint density at radius 1 is 0.385 bits per heavy atom. The van der Waals surface area contributed by atoms with Crippen LogP contribution in [0.5, 0.6) is 0 Å².